The van der Waals surface area contributed by atoms with Gasteiger partial charge in [0.25, 0.3) is 10.0 Å². The minimum atomic E-state index is -4.11. The molecule has 0 bridgehead atoms. The Morgan fingerprint density at radius 1 is 0.950 bits per heavy atom. The van der Waals surface area contributed by atoms with E-state index in [0.29, 0.717) is 16.3 Å². The van der Waals surface area contributed by atoms with Gasteiger partial charge in [-0.15, -0.1) is 0 Å². The molecule has 0 aliphatic heterocycles. The summed E-state index contributed by atoms with van der Waals surface area (Å²) in [5, 5.41) is 3.54. The Bertz CT molecular complexity index is 1460. The average molecular weight is 582 g/mol. The Morgan fingerprint density at radius 2 is 1.60 bits per heavy atom. The van der Waals surface area contributed by atoms with Gasteiger partial charge in [0.05, 0.1) is 10.6 Å². The number of nitrogens with zero attached hydrogens (tertiary/aromatic N) is 2. The van der Waals surface area contributed by atoms with Gasteiger partial charge in [0.15, 0.2) is 0 Å². The van der Waals surface area contributed by atoms with Gasteiger partial charge in [-0.25, -0.2) is 8.42 Å². The molecule has 7 nitrogen and oxygen atoms in total. The van der Waals surface area contributed by atoms with Crippen LogP contribution in [-0.4, -0.2) is 43.8 Å². The molecule has 212 valence electrons. The number of benzene rings is 3. The maximum absolute atomic E-state index is 14.1. The van der Waals surface area contributed by atoms with E-state index < -0.39 is 28.5 Å². The van der Waals surface area contributed by atoms with Gasteiger partial charge in [-0.2, -0.15) is 0 Å². The number of carbonyl (C=O) groups excluding carboxylic acids is 2. The Balaban J connectivity index is 1.72. The molecule has 40 heavy (non-hydrogen) atoms. The highest BCUT2D eigenvalue weighted by atomic mass is 35.5. The number of rotatable bonds is 10. The smallest absolute Gasteiger partial charge is 0.264 e. The van der Waals surface area contributed by atoms with Crippen molar-refractivity contribution in [3.8, 4) is 0 Å². The maximum atomic E-state index is 14.1. The summed E-state index contributed by atoms with van der Waals surface area (Å²) in [7, 11) is -4.11. The number of nitrogens with one attached hydrogen (secondary N) is 1. The zero-order chi connectivity index (χ0) is 28.9. The summed E-state index contributed by atoms with van der Waals surface area (Å²) in [4.78, 5) is 28.9. The van der Waals surface area contributed by atoms with Gasteiger partial charge in [0, 0.05) is 17.6 Å². The summed E-state index contributed by atoms with van der Waals surface area (Å²) >= 11 is 6.44. The summed E-state index contributed by atoms with van der Waals surface area (Å²) in [5.41, 5.74) is 2.73. The van der Waals surface area contributed by atoms with Crippen molar-refractivity contribution < 1.29 is 18.0 Å². The maximum Gasteiger partial charge on any atom is 0.264 e. The van der Waals surface area contributed by atoms with Gasteiger partial charge in [0.1, 0.15) is 12.6 Å². The van der Waals surface area contributed by atoms with Crippen LogP contribution in [0.15, 0.2) is 77.7 Å². The molecule has 2 amide bonds. The fourth-order valence-electron chi connectivity index (χ4n) is 5.02. The van der Waals surface area contributed by atoms with Gasteiger partial charge in [-0.1, -0.05) is 73.0 Å². The van der Waals surface area contributed by atoms with E-state index in [2.05, 4.69) is 5.32 Å². The second-order valence-corrected chi connectivity index (χ2v) is 12.6. The number of hydrogen-bond acceptors (Lipinski definition) is 4. The summed E-state index contributed by atoms with van der Waals surface area (Å²) < 4.78 is 29.1. The lowest BCUT2D eigenvalue weighted by Crippen LogP contribution is -2.52. The highest BCUT2D eigenvalue weighted by Crippen LogP contribution is 2.29. The van der Waals surface area contributed by atoms with Gasteiger partial charge in [0.2, 0.25) is 11.8 Å². The number of carbonyl (C=O) groups is 2. The lowest BCUT2D eigenvalue weighted by molar-refractivity contribution is -0.139. The van der Waals surface area contributed by atoms with E-state index in [1.807, 2.05) is 26.0 Å². The van der Waals surface area contributed by atoms with Gasteiger partial charge >= 0.3 is 0 Å². The van der Waals surface area contributed by atoms with Crippen molar-refractivity contribution >= 4 is 39.1 Å². The third kappa shape index (κ3) is 6.67. The number of anilines is 1. The normalized spacial score (nSPS) is 14.5. The van der Waals surface area contributed by atoms with Crippen LogP contribution in [0.4, 0.5) is 5.69 Å². The molecular weight excluding hydrogens is 546 g/mol. The summed E-state index contributed by atoms with van der Waals surface area (Å²) in [6.45, 7) is 4.98. The molecule has 9 heteroatoms. The van der Waals surface area contributed by atoms with Crippen LogP contribution in [0.25, 0.3) is 0 Å². The first-order valence-corrected chi connectivity index (χ1v) is 15.4. The second kappa shape index (κ2) is 12.9. The van der Waals surface area contributed by atoms with E-state index in [1.165, 1.54) is 17.0 Å². The van der Waals surface area contributed by atoms with Crippen LogP contribution >= 0.6 is 11.6 Å². The van der Waals surface area contributed by atoms with Crippen LogP contribution in [0.3, 0.4) is 0 Å². The zero-order valence-corrected chi connectivity index (χ0v) is 24.7. The molecule has 1 aliphatic carbocycles. The van der Waals surface area contributed by atoms with E-state index in [4.69, 9.17) is 11.6 Å². The van der Waals surface area contributed by atoms with Gasteiger partial charge in [-0.3, -0.25) is 13.9 Å². The fourth-order valence-corrected chi connectivity index (χ4v) is 6.71. The van der Waals surface area contributed by atoms with Crippen LogP contribution < -0.4 is 9.62 Å². The Kier molecular flexibility index (Phi) is 9.53. The Morgan fingerprint density at radius 3 is 2.27 bits per heavy atom. The topological polar surface area (TPSA) is 86.8 Å². The lowest BCUT2D eigenvalue weighted by Gasteiger charge is -2.33. The van der Waals surface area contributed by atoms with Gasteiger partial charge in [-0.05, 0) is 74.6 Å². The first kappa shape index (κ1) is 29.6. The first-order valence-electron chi connectivity index (χ1n) is 13.6. The van der Waals surface area contributed by atoms with Crippen LogP contribution in [0, 0.1) is 13.8 Å². The van der Waals surface area contributed by atoms with Crippen molar-refractivity contribution in [3.63, 3.8) is 0 Å². The number of amides is 2. The fraction of sp³-hybridized carbons (Fsp3) is 0.355. The molecule has 0 heterocycles. The quantitative estimate of drug-likeness (QED) is 0.336. The highest BCUT2D eigenvalue weighted by Gasteiger charge is 2.34. The number of halogens is 1. The molecule has 3 aromatic carbocycles. The average Bonchev–Trinajstić information content (AvgIpc) is 3.46. The zero-order valence-electron chi connectivity index (χ0n) is 23.1. The first-order chi connectivity index (χ1) is 19.1. The number of aryl methyl sites for hydroxylation is 1. The van der Waals surface area contributed by atoms with Crippen LogP contribution in [0.2, 0.25) is 5.02 Å². The predicted molar refractivity (Wildman–Crippen MR) is 159 cm³/mol. The van der Waals surface area contributed by atoms with Crippen molar-refractivity contribution in [2.24, 2.45) is 0 Å². The minimum Gasteiger partial charge on any atom is -0.352 e. The number of sulfonamides is 1. The predicted octanol–water partition coefficient (Wildman–Crippen LogP) is 5.63. The van der Waals surface area contributed by atoms with Crippen LogP contribution in [0.5, 0.6) is 0 Å². The molecule has 0 aromatic heterocycles. The molecule has 3 aromatic rings. The lowest BCUT2D eigenvalue weighted by atomic mass is 10.1. The monoisotopic (exact) mass is 581 g/mol. The Labute approximate surface area is 242 Å². The molecule has 0 radical (unpaired) electrons. The van der Waals surface area contributed by atoms with Crippen molar-refractivity contribution in [1.82, 2.24) is 10.2 Å². The standard InChI is InChI=1S/C31H36ClN3O4S/c1-22-12-11-19-29(23(22)2)35(40(38,39)27-16-5-4-6-17-27)21-30(36)34(20-25-13-7-10-18-28(25)32)24(3)31(37)33-26-14-8-9-15-26/h4-7,10-13,16-19,24,26H,8-9,14-15,20-21H2,1-3H3,(H,33,37)/t24-/m1/s1. The van der Waals surface area contributed by atoms with E-state index in [1.54, 1.807) is 55.5 Å². The SMILES string of the molecule is Cc1cccc(N(CC(=O)N(Cc2ccccc2Cl)[C@H](C)C(=O)NC2CCCC2)S(=O)(=O)c2ccccc2)c1C. The molecule has 1 saturated carbocycles. The van der Waals surface area contributed by atoms with E-state index in [0.717, 1.165) is 41.1 Å². The van der Waals surface area contributed by atoms with Crippen molar-refractivity contribution in [2.45, 2.75) is 70.0 Å². The molecular formula is C31H36ClN3O4S. The molecule has 0 spiro atoms. The minimum absolute atomic E-state index is 0.0593. The highest BCUT2D eigenvalue weighted by molar-refractivity contribution is 7.92. The second-order valence-electron chi connectivity index (χ2n) is 10.3. The Hall–Kier alpha value is -3.36. The largest absolute Gasteiger partial charge is 0.352 e. The van der Waals surface area contributed by atoms with E-state index >= 15 is 0 Å². The molecule has 4 rings (SSSR count). The van der Waals surface area contributed by atoms with Crippen molar-refractivity contribution in [1.29, 1.82) is 0 Å². The summed E-state index contributed by atoms with van der Waals surface area (Å²) in [6.07, 6.45) is 3.94. The van der Waals surface area contributed by atoms with Crippen LogP contribution in [0.1, 0.15) is 49.3 Å². The molecule has 0 saturated heterocycles. The molecule has 1 N–H and O–H groups in total. The summed E-state index contributed by atoms with van der Waals surface area (Å²) in [5.74, 6) is -0.772. The molecule has 1 aliphatic rings. The van der Waals surface area contributed by atoms with Crippen LogP contribution in [-0.2, 0) is 26.2 Å². The third-order valence-corrected chi connectivity index (χ3v) is 9.76. The van der Waals surface area contributed by atoms with E-state index in [-0.39, 0.29) is 23.4 Å². The molecule has 1 fully saturated rings. The van der Waals surface area contributed by atoms with Crippen molar-refractivity contribution in [2.75, 3.05) is 10.8 Å². The van der Waals surface area contributed by atoms with Crippen molar-refractivity contribution in [3.05, 3.63) is 94.5 Å². The molecule has 0 unspecified atom stereocenters. The third-order valence-electron chi connectivity index (χ3n) is 7.62. The van der Waals surface area contributed by atoms with E-state index in [9.17, 15) is 18.0 Å². The molecule has 1 atom stereocenters. The number of hydrogen-bond donors (Lipinski definition) is 1. The van der Waals surface area contributed by atoms with Gasteiger partial charge < -0.3 is 10.2 Å². The summed E-state index contributed by atoms with van der Waals surface area (Å²) in [6, 6.07) is 19.8.